The summed E-state index contributed by atoms with van der Waals surface area (Å²) in [5.41, 5.74) is 0.420. The van der Waals surface area contributed by atoms with Gasteiger partial charge in [-0.3, -0.25) is 4.79 Å². The molecule has 0 radical (unpaired) electrons. The molecule has 10 heteroatoms. The number of carboxylic acids is 1. The minimum atomic E-state index is -3.74. The predicted octanol–water partition coefficient (Wildman–Crippen LogP) is 1.46. The Morgan fingerprint density at radius 1 is 1.38 bits per heavy atom. The maximum absolute atomic E-state index is 13.0. The smallest absolute Gasteiger partial charge is 0.480 e. The van der Waals surface area contributed by atoms with Crippen molar-refractivity contribution in [2.75, 3.05) is 0 Å². The fourth-order valence-electron chi connectivity index (χ4n) is 2.44. The van der Waals surface area contributed by atoms with Crippen LogP contribution < -0.4 is 14.8 Å². The third kappa shape index (κ3) is 2.70. The Hall–Kier alpha value is -2.91. The number of hydrogen-bond acceptors (Lipinski definition) is 5. The van der Waals surface area contributed by atoms with Gasteiger partial charge in [0, 0.05) is 0 Å². The Kier molecular flexibility index (Phi) is 3.54. The normalized spacial score (nSPS) is 21.9. The summed E-state index contributed by atoms with van der Waals surface area (Å²) < 4.78 is 34.6. The molecule has 3 rings (SSSR count). The third-order valence-corrected chi connectivity index (χ3v) is 3.72. The predicted molar refractivity (Wildman–Crippen MR) is 72.5 cm³/mol. The number of fused-ring (bicyclic) bond motifs is 1. The van der Waals surface area contributed by atoms with E-state index in [0.717, 1.165) is 0 Å². The second-order valence-corrected chi connectivity index (χ2v) is 5.37. The van der Waals surface area contributed by atoms with Crippen LogP contribution in [0.25, 0.3) is 0 Å². The number of halogens is 2. The van der Waals surface area contributed by atoms with Gasteiger partial charge >= 0.3 is 18.3 Å². The Bertz CT molecular complexity index is 738. The van der Waals surface area contributed by atoms with Crippen molar-refractivity contribution in [2.24, 2.45) is 0 Å². The minimum Gasteiger partial charge on any atom is -0.480 e. The van der Waals surface area contributed by atoms with Gasteiger partial charge in [-0.15, -0.1) is 8.78 Å². The molecule has 2 heterocycles. The van der Waals surface area contributed by atoms with Gasteiger partial charge in [0.25, 0.3) is 0 Å². The number of urea groups is 1. The van der Waals surface area contributed by atoms with Crippen LogP contribution in [0.3, 0.4) is 0 Å². The first-order chi connectivity index (χ1) is 11.2. The second kappa shape index (κ2) is 5.32. The number of benzene rings is 1. The van der Waals surface area contributed by atoms with Crippen LogP contribution in [0.5, 0.6) is 11.5 Å². The molecule has 0 aliphatic carbocycles. The zero-order valence-corrected chi connectivity index (χ0v) is 12.3. The molecule has 2 aliphatic rings. The molecular weight excluding hydrogens is 330 g/mol. The lowest BCUT2D eigenvalue weighted by Gasteiger charge is -2.36. The van der Waals surface area contributed by atoms with E-state index in [-0.39, 0.29) is 17.9 Å². The molecule has 1 aromatic carbocycles. The van der Waals surface area contributed by atoms with Crippen molar-refractivity contribution in [1.82, 2.24) is 10.2 Å². The van der Waals surface area contributed by atoms with Crippen LogP contribution in [-0.4, -0.2) is 40.3 Å². The quantitative estimate of drug-likeness (QED) is 0.806. The lowest BCUT2D eigenvalue weighted by Crippen LogP contribution is -2.61. The molecule has 2 N–H and O–H groups in total. The van der Waals surface area contributed by atoms with E-state index < -0.39 is 36.3 Å². The van der Waals surface area contributed by atoms with Gasteiger partial charge in [-0.05, 0) is 24.6 Å². The summed E-state index contributed by atoms with van der Waals surface area (Å²) in [7, 11) is 0. The Labute approximate surface area is 133 Å². The number of likely N-dealkylation sites (tertiary alicyclic amines) is 1. The molecule has 24 heavy (non-hydrogen) atoms. The minimum absolute atomic E-state index is 0.133. The lowest BCUT2D eigenvalue weighted by molar-refractivity contribution is -0.286. The molecule has 3 amide bonds. The Balaban J connectivity index is 1.70. The number of carbonyl (C=O) groups excluding carboxylic acids is 2. The molecule has 8 nitrogen and oxygen atoms in total. The first-order valence-corrected chi connectivity index (χ1v) is 6.93. The van der Waals surface area contributed by atoms with Crippen LogP contribution in [0.15, 0.2) is 18.2 Å². The number of alkyl halides is 2. The number of nitrogens with zero attached hydrogens (tertiary/aromatic N) is 1. The zero-order chi connectivity index (χ0) is 17.6. The lowest BCUT2D eigenvalue weighted by atomic mass is 10.0. The second-order valence-electron chi connectivity index (χ2n) is 5.37. The Morgan fingerprint density at radius 3 is 2.67 bits per heavy atom. The van der Waals surface area contributed by atoms with E-state index in [1.165, 1.54) is 18.2 Å². The Morgan fingerprint density at radius 2 is 2.04 bits per heavy atom. The highest BCUT2D eigenvalue weighted by molar-refractivity contribution is 6.05. The SMILES string of the molecule is C[C@@H](NC(=O)N1C(=O)CC1C(=O)O)c1ccc2c(c1)OC(F)(F)O2. The molecule has 0 bridgehead atoms. The number of β-lactam (4-membered cyclic amide) rings is 1. The molecule has 1 unspecified atom stereocenters. The van der Waals surface area contributed by atoms with Crippen LogP contribution in [0.1, 0.15) is 24.9 Å². The maximum Gasteiger partial charge on any atom is 0.586 e. The van der Waals surface area contributed by atoms with E-state index in [4.69, 9.17) is 5.11 Å². The number of amides is 3. The van der Waals surface area contributed by atoms with E-state index >= 15 is 0 Å². The number of rotatable bonds is 3. The number of carboxylic acid groups (broad SMARTS) is 1. The fourth-order valence-corrected chi connectivity index (χ4v) is 2.44. The number of hydrogen-bond donors (Lipinski definition) is 2. The van der Waals surface area contributed by atoms with E-state index in [2.05, 4.69) is 14.8 Å². The van der Waals surface area contributed by atoms with Crippen molar-refractivity contribution in [3.05, 3.63) is 23.8 Å². The largest absolute Gasteiger partial charge is 0.586 e. The highest BCUT2D eigenvalue weighted by atomic mass is 19.3. The third-order valence-electron chi connectivity index (χ3n) is 3.72. The highest BCUT2D eigenvalue weighted by Gasteiger charge is 2.46. The number of nitrogens with one attached hydrogen (secondary N) is 1. The van der Waals surface area contributed by atoms with Crippen molar-refractivity contribution in [3.8, 4) is 11.5 Å². The average Bonchev–Trinajstić information content (AvgIpc) is 2.76. The van der Waals surface area contributed by atoms with Crippen LogP contribution in [-0.2, 0) is 9.59 Å². The molecule has 0 aromatic heterocycles. The number of carbonyl (C=O) groups is 3. The maximum atomic E-state index is 13.0. The number of aliphatic carboxylic acids is 1. The van der Waals surface area contributed by atoms with Crippen molar-refractivity contribution in [1.29, 1.82) is 0 Å². The highest BCUT2D eigenvalue weighted by Crippen LogP contribution is 2.42. The van der Waals surface area contributed by atoms with E-state index in [0.29, 0.717) is 10.5 Å². The van der Waals surface area contributed by atoms with Gasteiger partial charge in [0.2, 0.25) is 5.91 Å². The van der Waals surface area contributed by atoms with E-state index in [9.17, 15) is 23.2 Å². The van der Waals surface area contributed by atoms with E-state index in [1.54, 1.807) is 6.92 Å². The van der Waals surface area contributed by atoms with Crippen molar-refractivity contribution in [3.63, 3.8) is 0 Å². The molecule has 128 valence electrons. The van der Waals surface area contributed by atoms with Crippen LogP contribution in [0, 0.1) is 0 Å². The first-order valence-electron chi connectivity index (χ1n) is 6.93. The standard InChI is InChI=1S/C14H12F2N2O6/c1-6(17-13(22)18-8(12(20)21)5-11(18)19)7-2-3-9-10(4-7)24-14(15,16)23-9/h2-4,6,8H,5H2,1H3,(H,17,22)(H,20,21)/t6-,8?/m1/s1. The summed E-state index contributed by atoms with van der Waals surface area (Å²) in [6.07, 6.45) is -3.98. The van der Waals surface area contributed by atoms with Gasteiger partial charge in [-0.25, -0.2) is 14.5 Å². The molecule has 2 aliphatic heterocycles. The van der Waals surface area contributed by atoms with Crippen LogP contribution in [0.4, 0.5) is 13.6 Å². The van der Waals surface area contributed by atoms with Crippen LogP contribution >= 0.6 is 0 Å². The van der Waals surface area contributed by atoms with Gasteiger partial charge in [0.05, 0.1) is 12.5 Å². The van der Waals surface area contributed by atoms with Gasteiger partial charge in [-0.1, -0.05) is 6.07 Å². The van der Waals surface area contributed by atoms with E-state index in [1.807, 2.05) is 0 Å². The van der Waals surface area contributed by atoms with Gasteiger partial charge < -0.3 is 19.9 Å². The molecule has 0 spiro atoms. The molecule has 1 fully saturated rings. The monoisotopic (exact) mass is 342 g/mol. The molecule has 0 saturated carbocycles. The summed E-state index contributed by atoms with van der Waals surface area (Å²) >= 11 is 0. The summed E-state index contributed by atoms with van der Waals surface area (Å²) in [5.74, 6) is -2.19. The number of ether oxygens (including phenoxy) is 2. The summed E-state index contributed by atoms with van der Waals surface area (Å²) in [6.45, 7) is 1.55. The summed E-state index contributed by atoms with van der Waals surface area (Å²) in [6, 6.07) is 1.25. The molecular formula is C14H12F2N2O6. The fraction of sp³-hybridized carbons (Fsp3) is 0.357. The molecule has 1 saturated heterocycles. The van der Waals surface area contributed by atoms with Crippen LogP contribution in [0.2, 0.25) is 0 Å². The number of imide groups is 1. The van der Waals surface area contributed by atoms with Gasteiger partial charge in [-0.2, -0.15) is 0 Å². The topological polar surface area (TPSA) is 105 Å². The van der Waals surface area contributed by atoms with Gasteiger partial charge in [0.1, 0.15) is 6.04 Å². The average molecular weight is 342 g/mol. The summed E-state index contributed by atoms with van der Waals surface area (Å²) in [4.78, 5) is 35.0. The van der Waals surface area contributed by atoms with Crippen molar-refractivity contribution < 1.29 is 37.7 Å². The molecule has 2 atom stereocenters. The van der Waals surface area contributed by atoms with Gasteiger partial charge in [0.15, 0.2) is 11.5 Å². The molecule has 1 aromatic rings. The first kappa shape index (κ1) is 16.0. The zero-order valence-electron chi connectivity index (χ0n) is 12.3. The summed E-state index contributed by atoms with van der Waals surface area (Å²) in [5, 5.41) is 11.3. The van der Waals surface area contributed by atoms with Crippen molar-refractivity contribution in [2.45, 2.75) is 31.7 Å². The van der Waals surface area contributed by atoms with Crippen molar-refractivity contribution >= 4 is 17.9 Å².